The van der Waals surface area contributed by atoms with E-state index in [1.807, 2.05) is 37.3 Å². The summed E-state index contributed by atoms with van der Waals surface area (Å²) in [6.45, 7) is 4.62. The quantitative estimate of drug-likeness (QED) is 0.675. The van der Waals surface area contributed by atoms with Gasteiger partial charge >= 0.3 is 0 Å². The molecule has 0 spiro atoms. The molecule has 0 aliphatic rings. The first-order valence-corrected chi connectivity index (χ1v) is 9.07. The van der Waals surface area contributed by atoms with E-state index in [0.29, 0.717) is 12.2 Å². The molecule has 0 aliphatic heterocycles. The fourth-order valence-electron chi connectivity index (χ4n) is 2.84. The highest BCUT2D eigenvalue weighted by atomic mass is 16.3. The molecule has 1 aromatic heterocycles. The molecule has 6 nitrogen and oxygen atoms in total. The molecule has 140 valence electrons. The van der Waals surface area contributed by atoms with E-state index in [4.69, 9.17) is 0 Å². The second-order valence-corrected chi connectivity index (χ2v) is 6.49. The Bertz CT molecular complexity index is 888. The molecule has 6 heteroatoms. The maximum absolute atomic E-state index is 12.4. The number of hydrogen-bond donors (Lipinski definition) is 2. The first-order valence-electron chi connectivity index (χ1n) is 9.07. The highest BCUT2D eigenvalue weighted by molar-refractivity contribution is 5.93. The third-order valence-corrected chi connectivity index (χ3v) is 4.60. The van der Waals surface area contributed by atoms with E-state index in [2.05, 4.69) is 46.8 Å². The minimum Gasteiger partial charge on any atom is -0.387 e. The molecule has 2 N–H and O–H groups in total. The van der Waals surface area contributed by atoms with Crippen molar-refractivity contribution in [1.82, 2.24) is 20.3 Å². The van der Waals surface area contributed by atoms with Crippen molar-refractivity contribution in [2.24, 2.45) is 0 Å². The molecule has 0 aliphatic carbocycles. The molecule has 27 heavy (non-hydrogen) atoms. The van der Waals surface area contributed by atoms with Crippen LogP contribution >= 0.6 is 0 Å². The van der Waals surface area contributed by atoms with Crippen LogP contribution in [0.2, 0.25) is 0 Å². The number of amides is 1. The molecule has 3 rings (SSSR count). The van der Waals surface area contributed by atoms with Gasteiger partial charge in [-0.25, -0.2) is 4.68 Å². The summed E-state index contributed by atoms with van der Waals surface area (Å²) in [6, 6.07) is 17.6. The summed E-state index contributed by atoms with van der Waals surface area (Å²) in [5.41, 5.74) is 4.12. The van der Waals surface area contributed by atoms with Gasteiger partial charge in [0.05, 0.1) is 18.3 Å². The molecule has 3 aromatic rings. The SMILES string of the molecule is CCc1ccc(Cn2nnc(C(=O)NC[C@@H](O)c3ccccc3)c2C)cc1. The third-order valence-electron chi connectivity index (χ3n) is 4.60. The van der Waals surface area contributed by atoms with E-state index < -0.39 is 6.10 Å². The maximum atomic E-state index is 12.4. The van der Waals surface area contributed by atoms with Crippen molar-refractivity contribution in [3.05, 3.63) is 82.7 Å². The second-order valence-electron chi connectivity index (χ2n) is 6.49. The van der Waals surface area contributed by atoms with Crippen molar-refractivity contribution in [2.45, 2.75) is 32.9 Å². The Hall–Kier alpha value is -2.99. The van der Waals surface area contributed by atoms with Crippen LogP contribution in [0.15, 0.2) is 54.6 Å². The molecular formula is C21H24N4O2. The van der Waals surface area contributed by atoms with E-state index in [-0.39, 0.29) is 18.1 Å². The van der Waals surface area contributed by atoms with Gasteiger partial charge < -0.3 is 10.4 Å². The zero-order valence-electron chi connectivity index (χ0n) is 15.6. The Morgan fingerprint density at radius 3 is 2.44 bits per heavy atom. The molecule has 1 atom stereocenters. The number of rotatable bonds is 7. The van der Waals surface area contributed by atoms with Crippen LogP contribution in [-0.4, -0.2) is 32.6 Å². The lowest BCUT2D eigenvalue weighted by Gasteiger charge is -2.11. The highest BCUT2D eigenvalue weighted by Gasteiger charge is 2.18. The van der Waals surface area contributed by atoms with Gasteiger partial charge in [-0.05, 0) is 30.0 Å². The molecule has 0 unspecified atom stereocenters. The Morgan fingerprint density at radius 2 is 1.78 bits per heavy atom. The molecule has 1 heterocycles. The summed E-state index contributed by atoms with van der Waals surface area (Å²) in [5, 5.41) is 21.0. The van der Waals surface area contributed by atoms with E-state index in [1.54, 1.807) is 4.68 Å². The summed E-state index contributed by atoms with van der Waals surface area (Å²) < 4.78 is 1.71. The number of nitrogens with zero attached hydrogens (tertiary/aromatic N) is 3. The van der Waals surface area contributed by atoms with Gasteiger partial charge in [-0.3, -0.25) is 4.79 Å². The van der Waals surface area contributed by atoms with Gasteiger partial charge in [-0.15, -0.1) is 5.10 Å². The number of carbonyl (C=O) groups excluding carboxylic acids is 1. The smallest absolute Gasteiger partial charge is 0.273 e. The summed E-state index contributed by atoms with van der Waals surface area (Å²) in [7, 11) is 0. The van der Waals surface area contributed by atoms with Gasteiger partial charge in [-0.2, -0.15) is 0 Å². The normalized spacial score (nSPS) is 12.0. The second kappa shape index (κ2) is 8.60. The van der Waals surface area contributed by atoms with Crippen molar-refractivity contribution in [2.75, 3.05) is 6.54 Å². The Labute approximate surface area is 158 Å². The monoisotopic (exact) mass is 364 g/mol. The standard InChI is InChI=1S/C21H24N4O2/c1-3-16-9-11-17(12-10-16)14-25-15(2)20(23-24-25)21(27)22-13-19(26)18-7-5-4-6-8-18/h4-12,19,26H,3,13-14H2,1-2H3,(H,22,27)/t19-/m1/s1. The average Bonchev–Trinajstić information content (AvgIpc) is 3.07. The molecule has 0 radical (unpaired) electrons. The third kappa shape index (κ3) is 4.60. The number of aliphatic hydroxyl groups is 1. The zero-order valence-corrected chi connectivity index (χ0v) is 15.6. The Kier molecular flexibility index (Phi) is 5.98. The van der Waals surface area contributed by atoms with Gasteiger partial charge in [0.15, 0.2) is 5.69 Å². The predicted octanol–water partition coefficient (Wildman–Crippen LogP) is 2.66. The van der Waals surface area contributed by atoms with Crippen LogP contribution in [0.4, 0.5) is 0 Å². The highest BCUT2D eigenvalue weighted by Crippen LogP contribution is 2.12. The maximum Gasteiger partial charge on any atom is 0.273 e. The molecule has 0 saturated carbocycles. The fraction of sp³-hybridized carbons (Fsp3) is 0.286. The Balaban J connectivity index is 1.62. The molecule has 0 saturated heterocycles. The first-order chi connectivity index (χ1) is 13.1. The lowest BCUT2D eigenvalue weighted by atomic mass is 10.1. The lowest BCUT2D eigenvalue weighted by molar-refractivity contribution is 0.0910. The van der Waals surface area contributed by atoms with Crippen LogP contribution in [0.5, 0.6) is 0 Å². The van der Waals surface area contributed by atoms with Crippen molar-refractivity contribution >= 4 is 5.91 Å². The molecule has 1 amide bonds. The van der Waals surface area contributed by atoms with Crippen molar-refractivity contribution in [1.29, 1.82) is 0 Å². The van der Waals surface area contributed by atoms with E-state index >= 15 is 0 Å². The van der Waals surface area contributed by atoms with Crippen LogP contribution in [0.1, 0.15) is 45.9 Å². The van der Waals surface area contributed by atoms with Gasteiger partial charge in [0.25, 0.3) is 5.91 Å². The minimum atomic E-state index is -0.761. The molecule has 0 bridgehead atoms. The van der Waals surface area contributed by atoms with E-state index in [1.165, 1.54) is 5.56 Å². The fourth-order valence-corrected chi connectivity index (χ4v) is 2.84. The van der Waals surface area contributed by atoms with Crippen LogP contribution in [-0.2, 0) is 13.0 Å². The number of aromatic nitrogens is 3. The van der Waals surface area contributed by atoms with Crippen molar-refractivity contribution in [3.63, 3.8) is 0 Å². The molecule has 2 aromatic carbocycles. The summed E-state index contributed by atoms with van der Waals surface area (Å²) in [4.78, 5) is 12.4. The number of carbonyl (C=O) groups is 1. The van der Waals surface area contributed by atoms with Crippen LogP contribution < -0.4 is 5.32 Å². The molecular weight excluding hydrogens is 340 g/mol. The van der Waals surface area contributed by atoms with Gasteiger partial charge in [0, 0.05) is 6.54 Å². The predicted molar refractivity (Wildman–Crippen MR) is 103 cm³/mol. The van der Waals surface area contributed by atoms with Crippen LogP contribution in [0.25, 0.3) is 0 Å². The van der Waals surface area contributed by atoms with Crippen molar-refractivity contribution in [3.8, 4) is 0 Å². The average molecular weight is 364 g/mol. The van der Waals surface area contributed by atoms with Crippen LogP contribution in [0.3, 0.4) is 0 Å². The van der Waals surface area contributed by atoms with Gasteiger partial charge in [0.2, 0.25) is 0 Å². The number of aryl methyl sites for hydroxylation is 1. The van der Waals surface area contributed by atoms with E-state index in [0.717, 1.165) is 17.5 Å². The van der Waals surface area contributed by atoms with E-state index in [9.17, 15) is 9.90 Å². The minimum absolute atomic E-state index is 0.119. The largest absolute Gasteiger partial charge is 0.387 e. The lowest BCUT2D eigenvalue weighted by Crippen LogP contribution is -2.29. The topological polar surface area (TPSA) is 80.0 Å². The number of nitrogens with one attached hydrogen (secondary N) is 1. The number of aliphatic hydroxyl groups excluding tert-OH is 1. The summed E-state index contributed by atoms with van der Waals surface area (Å²) >= 11 is 0. The van der Waals surface area contributed by atoms with Crippen molar-refractivity contribution < 1.29 is 9.90 Å². The van der Waals surface area contributed by atoms with Gasteiger partial charge in [0.1, 0.15) is 0 Å². The van der Waals surface area contributed by atoms with Gasteiger partial charge in [-0.1, -0.05) is 66.7 Å². The zero-order chi connectivity index (χ0) is 19.2. The van der Waals surface area contributed by atoms with Crippen LogP contribution in [0, 0.1) is 6.92 Å². The molecule has 0 fully saturated rings. The number of benzene rings is 2. The Morgan fingerprint density at radius 1 is 1.11 bits per heavy atom. The first kappa shape index (κ1) is 18.8. The summed E-state index contributed by atoms with van der Waals surface area (Å²) in [5.74, 6) is -0.338. The summed E-state index contributed by atoms with van der Waals surface area (Å²) in [6.07, 6.45) is 0.240. The number of hydrogen-bond acceptors (Lipinski definition) is 4.